The number of carbonyl (C=O) groups excluding carboxylic acids is 1. The van der Waals surface area contributed by atoms with Crippen LogP contribution in [0.5, 0.6) is 0 Å². The molecule has 0 aliphatic heterocycles. The van der Waals surface area contributed by atoms with E-state index in [-0.39, 0.29) is 5.91 Å². The Morgan fingerprint density at radius 2 is 2.00 bits per heavy atom. The molecule has 0 aliphatic carbocycles. The van der Waals surface area contributed by atoms with Crippen LogP contribution in [0.25, 0.3) is 0 Å². The molecule has 0 bridgehead atoms. The molecule has 0 aliphatic rings. The van der Waals surface area contributed by atoms with E-state index in [9.17, 15) is 4.79 Å². The van der Waals surface area contributed by atoms with Crippen molar-refractivity contribution in [1.82, 2.24) is 5.32 Å². The maximum Gasteiger partial charge on any atom is 0.252 e. The third-order valence-corrected chi connectivity index (χ3v) is 3.87. The first-order valence-corrected chi connectivity index (χ1v) is 7.73. The second-order valence-corrected chi connectivity index (χ2v) is 5.47. The van der Waals surface area contributed by atoms with Gasteiger partial charge in [-0.2, -0.15) is 0 Å². The maximum absolute atomic E-state index is 11.8. The van der Waals surface area contributed by atoms with Crippen molar-refractivity contribution in [3.05, 3.63) is 33.8 Å². The zero-order valence-electron chi connectivity index (χ0n) is 9.31. The molecule has 1 aromatic rings. The molecule has 0 saturated heterocycles. The summed E-state index contributed by atoms with van der Waals surface area (Å²) in [4.78, 5) is 11.8. The van der Waals surface area contributed by atoms with Crippen molar-refractivity contribution >= 4 is 51.7 Å². The number of hydrogen-bond acceptors (Lipinski definition) is 1. The Morgan fingerprint density at radius 3 is 2.71 bits per heavy atom. The molecule has 1 amide bonds. The number of amides is 1. The molecule has 17 heavy (non-hydrogen) atoms. The highest BCUT2D eigenvalue weighted by atomic mass is 127. The highest BCUT2D eigenvalue weighted by molar-refractivity contribution is 14.1. The average Bonchev–Trinajstić information content (AvgIpc) is 2.32. The Hall–Kier alpha value is -0.000000000000000111. The summed E-state index contributed by atoms with van der Waals surface area (Å²) in [6.07, 6.45) is 3.31. The topological polar surface area (TPSA) is 29.1 Å². The maximum atomic E-state index is 11.8. The van der Waals surface area contributed by atoms with Gasteiger partial charge in [-0.25, -0.2) is 0 Å². The minimum Gasteiger partial charge on any atom is -0.352 e. The van der Waals surface area contributed by atoms with Crippen molar-refractivity contribution in [3.8, 4) is 0 Å². The largest absolute Gasteiger partial charge is 0.352 e. The van der Waals surface area contributed by atoms with Gasteiger partial charge in [0.25, 0.3) is 5.91 Å². The Kier molecular flexibility index (Phi) is 7.23. The number of carbonyl (C=O) groups is 1. The molecule has 1 aromatic carbocycles. The van der Waals surface area contributed by atoms with Crippen LogP contribution in [0, 0.1) is 0 Å². The SMILES string of the molecule is O=C(NCCCCCI)c1cccc(Cl)c1Cl. The predicted octanol–water partition coefficient (Wildman–Crippen LogP) is 4.33. The molecule has 94 valence electrons. The standard InChI is InChI=1S/C12H14Cl2INO/c13-10-6-4-5-9(11(10)14)12(17)16-8-3-1-2-7-15/h4-6H,1-3,7-8H2,(H,16,17). The predicted molar refractivity (Wildman–Crippen MR) is 81.5 cm³/mol. The van der Waals surface area contributed by atoms with Crippen LogP contribution in [0.15, 0.2) is 18.2 Å². The molecular weight excluding hydrogens is 372 g/mol. The molecule has 5 heteroatoms. The summed E-state index contributed by atoms with van der Waals surface area (Å²) in [5.41, 5.74) is 0.438. The first kappa shape index (κ1) is 15.1. The lowest BCUT2D eigenvalue weighted by molar-refractivity contribution is 0.0953. The molecule has 0 unspecified atom stereocenters. The van der Waals surface area contributed by atoms with E-state index in [1.807, 2.05) is 0 Å². The number of unbranched alkanes of at least 4 members (excludes halogenated alkanes) is 2. The summed E-state index contributed by atoms with van der Waals surface area (Å²) in [6.45, 7) is 0.679. The normalized spacial score (nSPS) is 10.3. The van der Waals surface area contributed by atoms with E-state index in [0.29, 0.717) is 22.2 Å². The number of rotatable bonds is 6. The third-order valence-electron chi connectivity index (χ3n) is 2.29. The lowest BCUT2D eigenvalue weighted by Gasteiger charge is -2.07. The van der Waals surface area contributed by atoms with E-state index in [0.717, 1.165) is 17.3 Å². The summed E-state index contributed by atoms with van der Waals surface area (Å²) in [5, 5.41) is 3.57. The number of benzene rings is 1. The summed E-state index contributed by atoms with van der Waals surface area (Å²) >= 11 is 14.2. The molecule has 1 N–H and O–H groups in total. The lowest BCUT2D eigenvalue weighted by atomic mass is 10.2. The minimum absolute atomic E-state index is 0.160. The molecular formula is C12H14Cl2INO. The van der Waals surface area contributed by atoms with Crippen LogP contribution in [-0.2, 0) is 0 Å². The first-order valence-electron chi connectivity index (χ1n) is 5.45. The summed E-state index contributed by atoms with van der Waals surface area (Å²) in [5.74, 6) is -0.160. The molecule has 0 spiro atoms. The Morgan fingerprint density at radius 1 is 1.24 bits per heavy atom. The Balaban J connectivity index is 2.44. The van der Waals surface area contributed by atoms with Gasteiger partial charge in [0.15, 0.2) is 0 Å². The molecule has 0 atom stereocenters. The van der Waals surface area contributed by atoms with Crippen LogP contribution in [0.4, 0.5) is 0 Å². The fourth-order valence-electron chi connectivity index (χ4n) is 1.37. The van der Waals surface area contributed by atoms with Gasteiger partial charge in [-0.1, -0.05) is 58.3 Å². The first-order chi connectivity index (χ1) is 8.16. The van der Waals surface area contributed by atoms with Gasteiger partial charge in [0.1, 0.15) is 0 Å². The van der Waals surface area contributed by atoms with Crippen molar-refractivity contribution in [3.63, 3.8) is 0 Å². The Bertz CT molecular complexity index is 385. The highest BCUT2D eigenvalue weighted by Gasteiger charge is 2.11. The van der Waals surface area contributed by atoms with Crippen molar-refractivity contribution in [2.45, 2.75) is 19.3 Å². The quantitative estimate of drug-likeness (QED) is 0.440. The van der Waals surface area contributed by atoms with E-state index in [2.05, 4.69) is 27.9 Å². The monoisotopic (exact) mass is 385 g/mol. The van der Waals surface area contributed by atoms with Crippen LogP contribution >= 0.6 is 45.8 Å². The van der Waals surface area contributed by atoms with Gasteiger partial charge in [0.2, 0.25) is 0 Å². The van der Waals surface area contributed by atoms with Crippen LogP contribution in [0.1, 0.15) is 29.6 Å². The van der Waals surface area contributed by atoms with Crippen molar-refractivity contribution in [2.75, 3.05) is 11.0 Å². The number of alkyl halides is 1. The molecule has 1 rings (SSSR count). The van der Waals surface area contributed by atoms with E-state index >= 15 is 0 Å². The molecule has 0 heterocycles. The van der Waals surface area contributed by atoms with Crippen LogP contribution < -0.4 is 5.32 Å². The van der Waals surface area contributed by atoms with Crippen molar-refractivity contribution in [2.24, 2.45) is 0 Å². The van der Waals surface area contributed by atoms with Gasteiger partial charge < -0.3 is 5.32 Å². The van der Waals surface area contributed by atoms with Gasteiger partial charge in [0.05, 0.1) is 15.6 Å². The van der Waals surface area contributed by atoms with Crippen molar-refractivity contribution in [1.29, 1.82) is 0 Å². The highest BCUT2D eigenvalue weighted by Crippen LogP contribution is 2.25. The zero-order chi connectivity index (χ0) is 12.7. The fraction of sp³-hybridized carbons (Fsp3) is 0.417. The van der Waals surface area contributed by atoms with Crippen molar-refractivity contribution < 1.29 is 4.79 Å². The van der Waals surface area contributed by atoms with E-state index in [1.165, 1.54) is 6.42 Å². The summed E-state index contributed by atoms with van der Waals surface area (Å²) in [7, 11) is 0. The van der Waals surface area contributed by atoms with E-state index in [1.54, 1.807) is 18.2 Å². The second-order valence-electron chi connectivity index (χ2n) is 3.61. The second kappa shape index (κ2) is 8.16. The van der Waals surface area contributed by atoms with Gasteiger partial charge >= 0.3 is 0 Å². The fourth-order valence-corrected chi connectivity index (χ4v) is 2.30. The number of halogens is 3. The summed E-state index contributed by atoms with van der Waals surface area (Å²) < 4.78 is 1.16. The number of hydrogen-bond donors (Lipinski definition) is 1. The Labute approximate surface area is 125 Å². The van der Waals surface area contributed by atoms with E-state index in [4.69, 9.17) is 23.2 Å². The van der Waals surface area contributed by atoms with Gasteiger partial charge in [-0.15, -0.1) is 0 Å². The number of nitrogens with one attached hydrogen (secondary N) is 1. The summed E-state index contributed by atoms with van der Waals surface area (Å²) in [6, 6.07) is 5.06. The van der Waals surface area contributed by atoms with Gasteiger partial charge in [-0.3, -0.25) is 4.79 Å². The lowest BCUT2D eigenvalue weighted by Crippen LogP contribution is -2.24. The van der Waals surface area contributed by atoms with Crippen LogP contribution in [-0.4, -0.2) is 16.9 Å². The van der Waals surface area contributed by atoms with Gasteiger partial charge in [-0.05, 0) is 29.4 Å². The third kappa shape index (κ3) is 5.02. The molecule has 0 aromatic heterocycles. The zero-order valence-corrected chi connectivity index (χ0v) is 13.0. The molecule has 0 fully saturated rings. The van der Waals surface area contributed by atoms with Crippen LogP contribution in [0.2, 0.25) is 10.0 Å². The molecule has 0 saturated carbocycles. The van der Waals surface area contributed by atoms with Gasteiger partial charge in [0, 0.05) is 6.54 Å². The minimum atomic E-state index is -0.160. The smallest absolute Gasteiger partial charge is 0.252 e. The molecule has 2 nitrogen and oxygen atoms in total. The average molecular weight is 386 g/mol. The van der Waals surface area contributed by atoms with Crippen LogP contribution in [0.3, 0.4) is 0 Å². The van der Waals surface area contributed by atoms with E-state index < -0.39 is 0 Å². The molecule has 0 radical (unpaired) electrons.